The second-order valence-electron chi connectivity index (χ2n) is 5.28. The summed E-state index contributed by atoms with van der Waals surface area (Å²) in [6.45, 7) is 6.73. The van der Waals surface area contributed by atoms with Gasteiger partial charge in [-0.05, 0) is 44.5 Å². The van der Waals surface area contributed by atoms with Crippen LogP contribution in [0, 0.1) is 0 Å². The van der Waals surface area contributed by atoms with Crippen molar-refractivity contribution in [2.75, 3.05) is 25.4 Å². The van der Waals surface area contributed by atoms with Gasteiger partial charge in [-0.25, -0.2) is 0 Å². The van der Waals surface area contributed by atoms with E-state index in [1.165, 1.54) is 37.9 Å². The normalized spacial score (nSPS) is 18.7. The first-order valence-corrected chi connectivity index (χ1v) is 7.05. The van der Waals surface area contributed by atoms with Gasteiger partial charge in [0.25, 0.3) is 0 Å². The minimum atomic E-state index is 0.621. The lowest BCUT2D eigenvalue weighted by molar-refractivity contribution is 0.170. The predicted octanol–water partition coefficient (Wildman–Crippen LogP) is 2.23. The lowest BCUT2D eigenvalue weighted by Crippen LogP contribution is -2.43. The third kappa shape index (κ3) is 3.72. The van der Waals surface area contributed by atoms with Crippen LogP contribution >= 0.6 is 0 Å². The van der Waals surface area contributed by atoms with Crippen molar-refractivity contribution in [3.05, 3.63) is 29.8 Å². The number of anilines is 1. The summed E-state index contributed by atoms with van der Waals surface area (Å²) in [5.41, 5.74) is 8.01. The molecule has 1 atom stereocenters. The summed E-state index contributed by atoms with van der Waals surface area (Å²) >= 11 is 0. The Morgan fingerprint density at radius 3 is 2.67 bits per heavy atom. The number of hydrogen-bond donors (Lipinski definition) is 2. The monoisotopic (exact) mass is 247 g/mol. The SMILES string of the molecule is CC(CNCc1ccccc1N)N1CCCCC1. The van der Waals surface area contributed by atoms with Crippen molar-refractivity contribution in [1.82, 2.24) is 10.2 Å². The molecule has 100 valence electrons. The van der Waals surface area contributed by atoms with Gasteiger partial charge in [-0.2, -0.15) is 0 Å². The molecule has 3 heteroatoms. The molecule has 1 saturated heterocycles. The van der Waals surface area contributed by atoms with Gasteiger partial charge in [0, 0.05) is 24.8 Å². The lowest BCUT2D eigenvalue weighted by atomic mass is 10.1. The molecule has 0 spiro atoms. The summed E-state index contributed by atoms with van der Waals surface area (Å²) in [6, 6.07) is 8.70. The van der Waals surface area contributed by atoms with E-state index in [9.17, 15) is 0 Å². The van der Waals surface area contributed by atoms with Gasteiger partial charge in [-0.15, -0.1) is 0 Å². The highest BCUT2D eigenvalue weighted by molar-refractivity contribution is 5.46. The zero-order valence-corrected chi connectivity index (χ0v) is 11.4. The minimum Gasteiger partial charge on any atom is -0.398 e. The van der Waals surface area contributed by atoms with E-state index in [0.29, 0.717) is 6.04 Å². The van der Waals surface area contributed by atoms with Crippen LogP contribution in [-0.4, -0.2) is 30.6 Å². The maximum atomic E-state index is 5.93. The van der Waals surface area contributed by atoms with Crippen LogP contribution in [0.15, 0.2) is 24.3 Å². The predicted molar refractivity (Wildman–Crippen MR) is 77.4 cm³/mol. The van der Waals surface area contributed by atoms with Crippen LogP contribution in [-0.2, 0) is 6.54 Å². The molecule has 1 aliphatic rings. The molecule has 2 rings (SSSR count). The van der Waals surface area contributed by atoms with Crippen molar-refractivity contribution >= 4 is 5.69 Å². The zero-order chi connectivity index (χ0) is 12.8. The molecular weight excluding hydrogens is 222 g/mol. The van der Waals surface area contributed by atoms with Crippen LogP contribution in [0.3, 0.4) is 0 Å². The number of benzene rings is 1. The highest BCUT2D eigenvalue weighted by Crippen LogP contribution is 2.12. The quantitative estimate of drug-likeness (QED) is 0.784. The fraction of sp³-hybridized carbons (Fsp3) is 0.600. The van der Waals surface area contributed by atoms with Gasteiger partial charge in [-0.3, -0.25) is 4.90 Å². The number of likely N-dealkylation sites (tertiary alicyclic amines) is 1. The van der Waals surface area contributed by atoms with Gasteiger partial charge in [0.15, 0.2) is 0 Å². The summed E-state index contributed by atoms with van der Waals surface area (Å²) in [5, 5.41) is 3.52. The smallest absolute Gasteiger partial charge is 0.0359 e. The molecule has 0 aliphatic carbocycles. The topological polar surface area (TPSA) is 41.3 Å². The standard InChI is InChI=1S/C15H25N3/c1-13(18-9-5-2-6-10-18)11-17-12-14-7-3-4-8-15(14)16/h3-4,7-8,13,17H,2,5-6,9-12,16H2,1H3. The average molecular weight is 247 g/mol. The van der Waals surface area contributed by atoms with E-state index in [2.05, 4.69) is 23.2 Å². The highest BCUT2D eigenvalue weighted by atomic mass is 15.2. The maximum Gasteiger partial charge on any atom is 0.0359 e. The third-order valence-corrected chi connectivity index (χ3v) is 3.82. The molecule has 1 unspecified atom stereocenters. The largest absolute Gasteiger partial charge is 0.398 e. The van der Waals surface area contributed by atoms with Crippen LogP contribution in [0.1, 0.15) is 31.7 Å². The Morgan fingerprint density at radius 1 is 1.22 bits per heavy atom. The van der Waals surface area contributed by atoms with Gasteiger partial charge in [0.1, 0.15) is 0 Å². The second-order valence-corrected chi connectivity index (χ2v) is 5.28. The molecule has 1 aromatic rings. The van der Waals surface area contributed by atoms with Crippen molar-refractivity contribution in [3.8, 4) is 0 Å². The number of rotatable bonds is 5. The van der Waals surface area contributed by atoms with E-state index >= 15 is 0 Å². The van der Waals surface area contributed by atoms with Gasteiger partial charge in [-0.1, -0.05) is 24.6 Å². The number of nitrogen functional groups attached to an aromatic ring is 1. The first-order chi connectivity index (χ1) is 8.77. The molecular formula is C15H25N3. The summed E-state index contributed by atoms with van der Waals surface area (Å²) < 4.78 is 0. The first-order valence-electron chi connectivity index (χ1n) is 7.05. The molecule has 1 aliphatic heterocycles. The number of nitrogens with one attached hydrogen (secondary N) is 1. The van der Waals surface area contributed by atoms with Gasteiger partial charge >= 0.3 is 0 Å². The zero-order valence-electron chi connectivity index (χ0n) is 11.4. The van der Waals surface area contributed by atoms with Crippen LogP contribution in [0.4, 0.5) is 5.69 Å². The van der Waals surface area contributed by atoms with E-state index in [-0.39, 0.29) is 0 Å². The van der Waals surface area contributed by atoms with Gasteiger partial charge < -0.3 is 11.1 Å². The molecule has 1 aromatic carbocycles. The highest BCUT2D eigenvalue weighted by Gasteiger charge is 2.15. The number of nitrogens with two attached hydrogens (primary N) is 1. The number of hydrogen-bond acceptors (Lipinski definition) is 3. The van der Waals surface area contributed by atoms with Crippen molar-refractivity contribution in [2.24, 2.45) is 0 Å². The lowest BCUT2D eigenvalue weighted by Gasteiger charge is -2.32. The number of nitrogens with zero attached hydrogens (tertiary/aromatic N) is 1. The van der Waals surface area contributed by atoms with Crippen LogP contribution in [0.5, 0.6) is 0 Å². The van der Waals surface area contributed by atoms with Crippen LogP contribution in [0.2, 0.25) is 0 Å². The van der Waals surface area contributed by atoms with E-state index < -0.39 is 0 Å². The van der Waals surface area contributed by atoms with E-state index in [0.717, 1.165) is 18.8 Å². The van der Waals surface area contributed by atoms with Gasteiger partial charge in [0.2, 0.25) is 0 Å². The van der Waals surface area contributed by atoms with Crippen molar-refractivity contribution in [2.45, 2.75) is 38.8 Å². The molecule has 1 fully saturated rings. The molecule has 3 N–H and O–H groups in total. The number of para-hydroxylation sites is 1. The molecule has 0 bridgehead atoms. The number of piperidine rings is 1. The Balaban J connectivity index is 1.73. The summed E-state index contributed by atoms with van der Waals surface area (Å²) in [5.74, 6) is 0. The molecule has 0 amide bonds. The summed E-state index contributed by atoms with van der Waals surface area (Å²) in [7, 11) is 0. The first kappa shape index (κ1) is 13.4. The third-order valence-electron chi connectivity index (χ3n) is 3.82. The second kappa shape index (κ2) is 6.76. The Hall–Kier alpha value is -1.06. The maximum absolute atomic E-state index is 5.93. The summed E-state index contributed by atoms with van der Waals surface area (Å²) in [6.07, 6.45) is 4.11. The van der Waals surface area contributed by atoms with Crippen molar-refractivity contribution in [3.63, 3.8) is 0 Å². The van der Waals surface area contributed by atoms with E-state index in [4.69, 9.17) is 5.73 Å². The summed E-state index contributed by atoms with van der Waals surface area (Å²) in [4.78, 5) is 2.59. The molecule has 3 nitrogen and oxygen atoms in total. The van der Waals surface area contributed by atoms with Crippen LogP contribution in [0.25, 0.3) is 0 Å². The molecule has 18 heavy (non-hydrogen) atoms. The fourth-order valence-corrected chi connectivity index (χ4v) is 2.60. The Kier molecular flexibility index (Phi) is 5.02. The fourth-order valence-electron chi connectivity index (χ4n) is 2.60. The molecule has 1 heterocycles. The Bertz CT molecular complexity index is 359. The van der Waals surface area contributed by atoms with Crippen molar-refractivity contribution < 1.29 is 0 Å². The molecule has 0 radical (unpaired) electrons. The molecule has 0 saturated carbocycles. The van der Waals surface area contributed by atoms with E-state index in [1.54, 1.807) is 0 Å². The average Bonchev–Trinajstić information content (AvgIpc) is 2.42. The van der Waals surface area contributed by atoms with E-state index in [1.807, 2.05) is 18.2 Å². The Labute approximate surface area is 110 Å². The van der Waals surface area contributed by atoms with Crippen molar-refractivity contribution in [1.29, 1.82) is 0 Å². The van der Waals surface area contributed by atoms with Gasteiger partial charge in [0.05, 0.1) is 0 Å². The molecule has 0 aromatic heterocycles. The Morgan fingerprint density at radius 2 is 1.94 bits per heavy atom. The minimum absolute atomic E-state index is 0.621. The van der Waals surface area contributed by atoms with Crippen LogP contribution < -0.4 is 11.1 Å².